The number of hydrogen-bond acceptors (Lipinski definition) is 4. The summed E-state index contributed by atoms with van der Waals surface area (Å²) in [7, 11) is 0. The third-order valence-electron chi connectivity index (χ3n) is 4.99. The number of halogens is 1. The molecule has 146 valence electrons. The second-order valence-corrected chi connectivity index (χ2v) is 7.21. The van der Waals surface area contributed by atoms with Crippen molar-refractivity contribution in [3.63, 3.8) is 0 Å². The maximum Gasteiger partial charge on any atom is 0.235 e. The Bertz CT molecular complexity index is 886. The first-order valence-electron chi connectivity index (χ1n) is 9.42. The predicted molar refractivity (Wildman–Crippen MR) is 109 cm³/mol. The van der Waals surface area contributed by atoms with Crippen LogP contribution in [-0.4, -0.2) is 25.7 Å². The molecule has 1 amide bonds. The van der Waals surface area contributed by atoms with Gasteiger partial charge in [0.2, 0.25) is 5.91 Å². The van der Waals surface area contributed by atoms with E-state index in [9.17, 15) is 10.1 Å². The van der Waals surface area contributed by atoms with Crippen LogP contribution in [0.3, 0.4) is 0 Å². The van der Waals surface area contributed by atoms with Crippen molar-refractivity contribution in [2.24, 2.45) is 0 Å². The molecule has 3 rings (SSSR count). The Labute approximate surface area is 170 Å². The van der Waals surface area contributed by atoms with Crippen LogP contribution in [0.4, 0.5) is 5.69 Å². The Hall–Kier alpha value is -2.55. The van der Waals surface area contributed by atoms with Crippen LogP contribution in [0.1, 0.15) is 37.3 Å². The topological polar surface area (TPSA) is 71.3 Å². The minimum absolute atomic E-state index is 0.144. The maximum atomic E-state index is 13.4. The van der Waals surface area contributed by atoms with Crippen LogP contribution < -0.4 is 10.1 Å². The normalized spacial score (nSPS) is 15.5. The van der Waals surface area contributed by atoms with E-state index in [4.69, 9.17) is 21.1 Å². The molecule has 0 aromatic heterocycles. The summed E-state index contributed by atoms with van der Waals surface area (Å²) in [6.07, 6.45) is 1.95. The highest BCUT2D eigenvalue weighted by Crippen LogP contribution is 2.39. The molecular weight excluding hydrogens is 376 g/mol. The molecular formula is C22H23ClN2O3. The van der Waals surface area contributed by atoms with Crippen LogP contribution in [-0.2, 0) is 14.9 Å². The zero-order valence-corrected chi connectivity index (χ0v) is 16.6. The van der Waals surface area contributed by atoms with E-state index in [1.54, 1.807) is 24.3 Å². The Morgan fingerprint density at radius 2 is 2.04 bits per heavy atom. The first kappa shape index (κ1) is 20.2. The van der Waals surface area contributed by atoms with E-state index in [1.807, 2.05) is 25.1 Å². The van der Waals surface area contributed by atoms with E-state index in [0.29, 0.717) is 54.7 Å². The van der Waals surface area contributed by atoms with E-state index in [2.05, 4.69) is 11.4 Å². The van der Waals surface area contributed by atoms with Crippen LogP contribution in [0.2, 0.25) is 5.02 Å². The number of hydrogen-bond donors (Lipinski definition) is 1. The summed E-state index contributed by atoms with van der Waals surface area (Å²) in [6, 6.07) is 14.7. The van der Waals surface area contributed by atoms with E-state index >= 15 is 0 Å². The molecule has 5 nitrogen and oxygen atoms in total. The van der Waals surface area contributed by atoms with Crippen molar-refractivity contribution >= 4 is 23.2 Å². The van der Waals surface area contributed by atoms with Crippen molar-refractivity contribution in [2.75, 3.05) is 25.1 Å². The third kappa shape index (κ3) is 4.14. The highest BCUT2D eigenvalue weighted by molar-refractivity contribution is 6.31. The van der Waals surface area contributed by atoms with Crippen molar-refractivity contribution in [2.45, 2.75) is 31.6 Å². The number of carbonyl (C=O) groups is 1. The average Bonchev–Trinajstić information content (AvgIpc) is 2.73. The van der Waals surface area contributed by atoms with Crippen molar-refractivity contribution in [1.82, 2.24) is 0 Å². The Morgan fingerprint density at radius 3 is 2.71 bits per heavy atom. The van der Waals surface area contributed by atoms with Gasteiger partial charge in [-0.25, -0.2) is 0 Å². The van der Waals surface area contributed by atoms with Crippen LogP contribution in [0.25, 0.3) is 0 Å². The van der Waals surface area contributed by atoms with Gasteiger partial charge in [-0.05, 0) is 49.1 Å². The Balaban J connectivity index is 1.89. The highest BCUT2D eigenvalue weighted by atomic mass is 35.5. The lowest BCUT2D eigenvalue weighted by Gasteiger charge is -2.36. The Kier molecular flexibility index (Phi) is 6.56. The summed E-state index contributed by atoms with van der Waals surface area (Å²) in [5.74, 6) is 0.379. The smallest absolute Gasteiger partial charge is 0.235 e. The molecule has 1 aliphatic rings. The molecule has 0 aliphatic carbocycles. The van der Waals surface area contributed by atoms with Gasteiger partial charge in [0.15, 0.2) is 0 Å². The standard InChI is InChI=1S/C22H23ClN2O3/c1-2-11-28-20-8-7-17(14-16(20)15-24)25-21(26)22(9-12-27-13-10-22)18-5-3-4-6-19(18)23/h3-8,14H,2,9-13H2,1H3,(H,25,26). The quantitative estimate of drug-likeness (QED) is 0.766. The van der Waals surface area contributed by atoms with E-state index in [0.717, 1.165) is 12.0 Å². The minimum Gasteiger partial charge on any atom is -0.492 e. The highest BCUT2D eigenvalue weighted by Gasteiger charge is 2.43. The van der Waals surface area contributed by atoms with Gasteiger partial charge < -0.3 is 14.8 Å². The predicted octanol–water partition coefficient (Wildman–Crippen LogP) is 4.69. The number of nitrogens with zero attached hydrogens (tertiary/aromatic N) is 1. The maximum absolute atomic E-state index is 13.4. The second-order valence-electron chi connectivity index (χ2n) is 6.80. The van der Waals surface area contributed by atoms with Crippen LogP contribution in [0.15, 0.2) is 42.5 Å². The molecule has 6 heteroatoms. The molecule has 0 atom stereocenters. The first-order valence-corrected chi connectivity index (χ1v) is 9.79. The monoisotopic (exact) mass is 398 g/mol. The van der Waals surface area contributed by atoms with Crippen molar-refractivity contribution in [3.05, 3.63) is 58.6 Å². The summed E-state index contributed by atoms with van der Waals surface area (Å²) in [5.41, 5.74) is 0.995. The molecule has 0 saturated carbocycles. The third-order valence-corrected chi connectivity index (χ3v) is 5.32. The van der Waals surface area contributed by atoms with Gasteiger partial charge in [0.1, 0.15) is 11.8 Å². The van der Waals surface area contributed by atoms with Gasteiger partial charge in [-0.2, -0.15) is 5.26 Å². The van der Waals surface area contributed by atoms with Gasteiger partial charge in [0.05, 0.1) is 17.6 Å². The van der Waals surface area contributed by atoms with Crippen LogP contribution >= 0.6 is 11.6 Å². The number of amides is 1. The molecule has 1 aliphatic heterocycles. The summed E-state index contributed by atoms with van der Waals surface area (Å²) in [4.78, 5) is 13.4. The lowest BCUT2D eigenvalue weighted by molar-refractivity contribution is -0.125. The number of anilines is 1. The second kappa shape index (κ2) is 9.09. The number of carbonyl (C=O) groups excluding carboxylic acids is 1. The molecule has 2 aromatic carbocycles. The zero-order chi connectivity index (χ0) is 20.0. The van der Waals surface area contributed by atoms with E-state index < -0.39 is 5.41 Å². The number of rotatable bonds is 6. The van der Waals surface area contributed by atoms with Gasteiger partial charge in [-0.15, -0.1) is 0 Å². The summed E-state index contributed by atoms with van der Waals surface area (Å²) in [5, 5.41) is 13.0. The fourth-order valence-electron chi connectivity index (χ4n) is 3.47. The lowest BCUT2D eigenvalue weighted by Crippen LogP contribution is -2.45. The van der Waals surface area contributed by atoms with Crippen molar-refractivity contribution in [1.29, 1.82) is 5.26 Å². The van der Waals surface area contributed by atoms with E-state index in [-0.39, 0.29) is 5.91 Å². The number of ether oxygens (including phenoxy) is 2. The van der Waals surface area contributed by atoms with Gasteiger partial charge in [-0.3, -0.25) is 4.79 Å². The molecule has 1 saturated heterocycles. The molecule has 1 fully saturated rings. The zero-order valence-electron chi connectivity index (χ0n) is 15.8. The molecule has 2 aromatic rings. The summed E-state index contributed by atoms with van der Waals surface area (Å²) >= 11 is 6.43. The molecule has 0 radical (unpaired) electrons. The fourth-order valence-corrected chi connectivity index (χ4v) is 3.79. The average molecular weight is 399 g/mol. The van der Waals surface area contributed by atoms with Crippen LogP contribution in [0, 0.1) is 11.3 Å². The molecule has 28 heavy (non-hydrogen) atoms. The molecule has 1 heterocycles. The van der Waals surface area contributed by atoms with Crippen molar-refractivity contribution in [3.8, 4) is 11.8 Å². The van der Waals surface area contributed by atoms with Crippen LogP contribution in [0.5, 0.6) is 5.75 Å². The van der Waals surface area contributed by atoms with E-state index in [1.165, 1.54) is 0 Å². The minimum atomic E-state index is -0.763. The summed E-state index contributed by atoms with van der Waals surface area (Å²) < 4.78 is 11.1. The number of nitrogens with one attached hydrogen (secondary N) is 1. The van der Waals surface area contributed by atoms with Crippen molar-refractivity contribution < 1.29 is 14.3 Å². The van der Waals surface area contributed by atoms with Gasteiger partial charge in [0, 0.05) is 23.9 Å². The van der Waals surface area contributed by atoms with Gasteiger partial charge >= 0.3 is 0 Å². The fraction of sp³-hybridized carbons (Fsp3) is 0.364. The molecule has 1 N–H and O–H groups in total. The van der Waals surface area contributed by atoms with Gasteiger partial charge in [0.25, 0.3) is 0 Å². The molecule has 0 unspecified atom stereocenters. The number of benzene rings is 2. The largest absolute Gasteiger partial charge is 0.492 e. The first-order chi connectivity index (χ1) is 13.6. The SMILES string of the molecule is CCCOc1ccc(NC(=O)C2(c3ccccc3Cl)CCOCC2)cc1C#N. The summed E-state index contributed by atoms with van der Waals surface area (Å²) in [6.45, 7) is 3.52. The van der Waals surface area contributed by atoms with Gasteiger partial charge in [-0.1, -0.05) is 36.7 Å². The number of nitriles is 1. The molecule has 0 bridgehead atoms. The Morgan fingerprint density at radius 1 is 1.29 bits per heavy atom. The molecule has 0 spiro atoms. The lowest BCUT2D eigenvalue weighted by atomic mass is 9.73.